The Morgan fingerprint density at radius 3 is 2.68 bits per heavy atom. The molecule has 0 saturated carbocycles. The smallest absolute Gasteiger partial charge is 0.236 e. The molecule has 2 fully saturated rings. The third kappa shape index (κ3) is 4.10. The number of carbonyl (C=O) groups is 1. The van der Waals surface area contributed by atoms with E-state index < -0.39 is 6.17 Å². The number of piperidine rings is 1. The molecule has 0 unspecified atom stereocenters. The van der Waals surface area contributed by atoms with Crippen LogP contribution >= 0.6 is 0 Å². The van der Waals surface area contributed by atoms with Gasteiger partial charge in [0.05, 0.1) is 38.6 Å². The Morgan fingerprint density at radius 1 is 1.42 bits per heavy atom. The maximum absolute atomic E-state index is 14.0. The van der Waals surface area contributed by atoms with E-state index in [1.165, 1.54) is 0 Å². The quantitative estimate of drug-likeness (QED) is 0.735. The topological polar surface area (TPSA) is 56.8 Å². The molecule has 1 amide bonds. The van der Waals surface area contributed by atoms with Crippen molar-refractivity contribution in [1.82, 2.24) is 20.7 Å². The van der Waals surface area contributed by atoms with Gasteiger partial charge in [0.1, 0.15) is 6.17 Å². The largest absolute Gasteiger partial charge is 0.372 e. The maximum atomic E-state index is 14.0. The molecular weight excluding hydrogens is 251 g/mol. The third-order valence-corrected chi connectivity index (χ3v) is 3.37. The fraction of sp³-hybridized carbons (Fsp3) is 0.917. The van der Waals surface area contributed by atoms with Gasteiger partial charge in [-0.25, -0.2) is 15.2 Å². The first-order valence-corrected chi connectivity index (χ1v) is 6.81. The van der Waals surface area contributed by atoms with E-state index in [9.17, 15) is 9.18 Å². The summed E-state index contributed by atoms with van der Waals surface area (Å²) in [5.41, 5.74) is 5.86. The zero-order valence-electron chi connectivity index (χ0n) is 11.6. The molecule has 2 aliphatic rings. The number of hydrogen-bond acceptors (Lipinski definition) is 5. The fourth-order valence-corrected chi connectivity index (χ4v) is 2.41. The van der Waals surface area contributed by atoms with E-state index >= 15 is 0 Å². The molecular formula is C12H23FN4O2. The summed E-state index contributed by atoms with van der Waals surface area (Å²) >= 11 is 0. The van der Waals surface area contributed by atoms with Crippen molar-refractivity contribution in [3.63, 3.8) is 0 Å². The summed E-state index contributed by atoms with van der Waals surface area (Å²) in [4.78, 5) is 15.6. The van der Waals surface area contributed by atoms with Gasteiger partial charge in [-0.05, 0) is 20.3 Å². The first-order chi connectivity index (χ1) is 9.06. The van der Waals surface area contributed by atoms with E-state index in [0.29, 0.717) is 32.8 Å². The van der Waals surface area contributed by atoms with Gasteiger partial charge in [-0.2, -0.15) is 0 Å². The van der Waals surface area contributed by atoms with Gasteiger partial charge in [0.15, 0.2) is 0 Å². The van der Waals surface area contributed by atoms with Crippen molar-refractivity contribution < 1.29 is 13.9 Å². The van der Waals surface area contributed by atoms with Crippen molar-refractivity contribution >= 4 is 5.91 Å². The summed E-state index contributed by atoms with van der Waals surface area (Å²) in [5, 5.41) is 0. The highest BCUT2D eigenvalue weighted by Crippen LogP contribution is 2.19. The summed E-state index contributed by atoms with van der Waals surface area (Å²) in [6, 6.07) is 0. The van der Waals surface area contributed by atoms with Crippen LogP contribution in [0.2, 0.25) is 0 Å². The first kappa shape index (κ1) is 14.6. The second kappa shape index (κ2) is 6.60. The summed E-state index contributed by atoms with van der Waals surface area (Å²) in [6.07, 6.45) is -0.872. The lowest BCUT2D eigenvalue weighted by molar-refractivity contribution is -0.139. The number of rotatable bonds is 4. The number of hydrazine groups is 1. The maximum Gasteiger partial charge on any atom is 0.236 e. The van der Waals surface area contributed by atoms with Crippen LogP contribution in [0.1, 0.15) is 20.3 Å². The number of amides is 1. The zero-order valence-corrected chi connectivity index (χ0v) is 11.6. The van der Waals surface area contributed by atoms with Crippen molar-refractivity contribution in [3.05, 3.63) is 0 Å². The minimum atomic E-state index is -1.09. The number of nitrogens with zero attached hydrogens (tertiary/aromatic N) is 2. The van der Waals surface area contributed by atoms with Crippen LogP contribution in [0, 0.1) is 0 Å². The number of carbonyl (C=O) groups excluding carboxylic acids is 1. The number of halogens is 1. The van der Waals surface area contributed by atoms with E-state index in [2.05, 4.69) is 10.9 Å². The predicted octanol–water partition coefficient (Wildman–Crippen LogP) is -0.325. The number of hydrogen-bond donors (Lipinski definition) is 2. The Hall–Kier alpha value is -0.760. The fourth-order valence-electron chi connectivity index (χ4n) is 2.41. The molecule has 0 bridgehead atoms. The van der Waals surface area contributed by atoms with E-state index in [4.69, 9.17) is 4.74 Å². The van der Waals surface area contributed by atoms with Crippen LogP contribution in [0.5, 0.6) is 0 Å². The molecule has 2 atom stereocenters. The van der Waals surface area contributed by atoms with Gasteiger partial charge in [-0.15, -0.1) is 0 Å². The van der Waals surface area contributed by atoms with Crippen LogP contribution in [0.4, 0.5) is 4.39 Å². The van der Waals surface area contributed by atoms with Gasteiger partial charge in [0, 0.05) is 6.54 Å². The van der Waals surface area contributed by atoms with Gasteiger partial charge in [-0.3, -0.25) is 9.69 Å². The molecule has 2 heterocycles. The zero-order chi connectivity index (χ0) is 13.8. The van der Waals surface area contributed by atoms with Gasteiger partial charge >= 0.3 is 0 Å². The van der Waals surface area contributed by atoms with Crippen LogP contribution in [0.25, 0.3) is 0 Å². The molecule has 0 aromatic carbocycles. The van der Waals surface area contributed by atoms with E-state index in [-0.39, 0.29) is 24.7 Å². The molecule has 2 saturated heterocycles. The minimum absolute atomic E-state index is 0.0175. The number of ether oxygens (including phenoxy) is 1. The van der Waals surface area contributed by atoms with Crippen LogP contribution in [0.3, 0.4) is 0 Å². The van der Waals surface area contributed by atoms with Crippen molar-refractivity contribution in [1.29, 1.82) is 0 Å². The van der Waals surface area contributed by atoms with Crippen molar-refractivity contribution in [2.75, 3.05) is 33.0 Å². The molecule has 19 heavy (non-hydrogen) atoms. The predicted molar refractivity (Wildman–Crippen MR) is 68.8 cm³/mol. The first-order valence-electron chi connectivity index (χ1n) is 6.81. The van der Waals surface area contributed by atoms with Crippen molar-refractivity contribution in [2.24, 2.45) is 0 Å². The Balaban J connectivity index is 1.78. The average Bonchev–Trinajstić information content (AvgIpc) is 2.84. The Bertz CT molecular complexity index is 310. The second-order valence-corrected chi connectivity index (χ2v) is 5.37. The second-order valence-electron chi connectivity index (χ2n) is 5.37. The molecule has 2 aliphatic heterocycles. The van der Waals surface area contributed by atoms with Gasteiger partial charge in [0.2, 0.25) is 5.91 Å². The SMILES string of the molecule is CC(C)O[C@H]1CCN(C(=O)CN2CNNC2)C[C@H]1F. The van der Waals surface area contributed by atoms with Crippen molar-refractivity contribution in [3.8, 4) is 0 Å². The van der Waals surface area contributed by atoms with Gasteiger partial charge in [-0.1, -0.05) is 0 Å². The minimum Gasteiger partial charge on any atom is -0.372 e. The summed E-state index contributed by atoms with van der Waals surface area (Å²) < 4.78 is 19.5. The average molecular weight is 274 g/mol. The number of alkyl halides is 1. The highest BCUT2D eigenvalue weighted by atomic mass is 19.1. The highest BCUT2D eigenvalue weighted by molar-refractivity contribution is 5.78. The molecule has 0 aliphatic carbocycles. The third-order valence-electron chi connectivity index (χ3n) is 3.37. The molecule has 0 spiro atoms. The molecule has 0 radical (unpaired) electrons. The molecule has 7 heteroatoms. The Kier molecular flexibility index (Phi) is 5.09. The standard InChI is InChI=1S/C12H23FN4O2/c1-9(2)19-11-3-4-17(5-10(11)13)12(18)6-16-7-14-15-8-16/h9-11,14-15H,3-8H2,1-2H3/t10-,11+/m1/s1. The summed E-state index contributed by atoms with van der Waals surface area (Å²) in [5.74, 6) is -0.0175. The molecule has 2 N–H and O–H groups in total. The number of likely N-dealkylation sites (tertiary alicyclic amines) is 1. The lowest BCUT2D eigenvalue weighted by Gasteiger charge is -2.36. The highest BCUT2D eigenvalue weighted by Gasteiger charge is 2.33. The molecule has 110 valence electrons. The Morgan fingerprint density at radius 2 is 2.11 bits per heavy atom. The van der Waals surface area contributed by atoms with Crippen LogP contribution < -0.4 is 10.9 Å². The van der Waals surface area contributed by atoms with Gasteiger partial charge in [0.25, 0.3) is 0 Å². The monoisotopic (exact) mass is 274 g/mol. The van der Waals surface area contributed by atoms with Crippen molar-refractivity contribution in [2.45, 2.75) is 38.6 Å². The van der Waals surface area contributed by atoms with E-state index in [1.54, 1.807) is 4.90 Å². The summed E-state index contributed by atoms with van der Waals surface area (Å²) in [6.45, 7) is 6.11. The van der Waals surface area contributed by atoms with Crippen LogP contribution in [-0.4, -0.2) is 67.1 Å². The van der Waals surface area contributed by atoms with Crippen LogP contribution in [0.15, 0.2) is 0 Å². The number of nitrogens with one attached hydrogen (secondary N) is 2. The molecule has 0 aromatic rings. The molecule has 0 aromatic heterocycles. The Labute approximate surface area is 113 Å². The normalized spacial score (nSPS) is 29.2. The molecule has 6 nitrogen and oxygen atoms in total. The van der Waals surface area contributed by atoms with E-state index in [1.807, 2.05) is 18.7 Å². The lowest BCUT2D eigenvalue weighted by Crippen LogP contribution is -2.51. The lowest BCUT2D eigenvalue weighted by atomic mass is 10.1. The van der Waals surface area contributed by atoms with Gasteiger partial charge < -0.3 is 9.64 Å². The van der Waals surface area contributed by atoms with Crippen LogP contribution in [-0.2, 0) is 9.53 Å². The summed E-state index contributed by atoms with van der Waals surface area (Å²) in [7, 11) is 0. The van der Waals surface area contributed by atoms with E-state index in [0.717, 1.165) is 0 Å². The molecule has 2 rings (SSSR count).